The summed E-state index contributed by atoms with van der Waals surface area (Å²) in [6.45, 7) is 2.26. The van der Waals surface area contributed by atoms with E-state index in [0.29, 0.717) is 0 Å². The zero-order chi connectivity index (χ0) is 15.3. The summed E-state index contributed by atoms with van der Waals surface area (Å²) >= 11 is 5.28. The predicted molar refractivity (Wildman–Crippen MR) is 98.1 cm³/mol. The molecule has 3 heteroatoms. The second-order valence-electron chi connectivity index (χ2n) is 5.66. The van der Waals surface area contributed by atoms with Gasteiger partial charge < -0.3 is 5.11 Å². The SMILES string of the molecule is CCCCCCCCCCC(O)CSc1ccccc1Br. The Morgan fingerprint density at radius 3 is 2.29 bits per heavy atom. The number of hydrogen-bond acceptors (Lipinski definition) is 2. The smallest absolute Gasteiger partial charge is 0.0634 e. The molecule has 0 heterocycles. The number of aliphatic hydroxyl groups excluding tert-OH is 1. The minimum Gasteiger partial charge on any atom is -0.392 e. The van der Waals surface area contributed by atoms with Crippen LogP contribution in [-0.4, -0.2) is 17.0 Å². The highest BCUT2D eigenvalue weighted by atomic mass is 79.9. The van der Waals surface area contributed by atoms with Crippen molar-refractivity contribution in [1.82, 2.24) is 0 Å². The van der Waals surface area contributed by atoms with Gasteiger partial charge in [0.1, 0.15) is 0 Å². The molecule has 0 fully saturated rings. The largest absolute Gasteiger partial charge is 0.392 e. The van der Waals surface area contributed by atoms with E-state index in [9.17, 15) is 5.11 Å². The van der Waals surface area contributed by atoms with E-state index in [-0.39, 0.29) is 6.10 Å². The summed E-state index contributed by atoms with van der Waals surface area (Å²) in [6, 6.07) is 8.20. The topological polar surface area (TPSA) is 20.2 Å². The van der Waals surface area contributed by atoms with E-state index in [1.54, 1.807) is 11.8 Å². The molecule has 0 aromatic heterocycles. The van der Waals surface area contributed by atoms with Crippen LogP contribution in [0.5, 0.6) is 0 Å². The van der Waals surface area contributed by atoms with E-state index in [0.717, 1.165) is 23.1 Å². The van der Waals surface area contributed by atoms with Crippen molar-refractivity contribution in [3.8, 4) is 0 Å². The molecule has 1 aromatic carbocycles. The molecule has 1 aromatic rings. The van der Waals surface area contributed by atoms with E-state index >= 15 is 0 Å². The molecule has 0 saturated heterocycles. The van der Waals surface area contributed by atoms with Crippen LogP contribution in [0.25, 0.3) is 0 Å². The highest BCUT2D eigenvalue weighted by molar-refractivity contribution is 9.10. The lowest BCUT2D eigenvalue weighted by molar-refractivity contribution is 0.185. The molecule has 21 heavy (non-hydrogen) atoms. The Bertz CT molecular complexity index is 370. The Kier molecular flexibility index (Phi) is 11.4. The van der Waals surface area contributed by atoms with E-state index < -0.39 is 0 Å². The van der Waals surface area contributed by atoms with Crippen molar-refractivity contribution < 1.29 is 5.11 Å². The second kappa shape index (κ2) is 12.5. The van der Waals surface area contributed by atoms with Gasteiger partial charge in [-0.15, -0.1) is 11.8 Å². The van der Waals surface area contributed by atoms with Crippen LogP contribution in [0.4, 0.5) is 0 Å². The molecule has 0 aliphatic heterocycles. The summed E-state index contributed by atoms with van der Waals surface area (Å²) < 4.78 is 1.12. The summed E-state index contributed by atoms with van der Waals surface area (Å²) in [5.74, 6) is 0.791. The minimum absolute atomic E-state index is 0.179. The first-order chi connectivity index (χ1) is 10.2. The van der Waals surface area contributed by atoms with Crippen LogP contribution in [0, 0.1) is 0 Å². The molecule has 0 amide bonds. The highest BCUT2D eigenvalue weighted by Crippen LogP contribution is 2.28. The zero-order valence-electron chi connectivity index (χ0n) is 13.2. The molecule has 0 aliphatic rings. The van der Waals surface area contributed by atoms with Crippen LogP contribution in [0.2, 0.25) is 0 Å². The standard InChI is InChI=1S/C18H29BrOS/c1-2-3-4-5-6-7-8-9-12-16(20)15-21-18-14-11-10-13-17(18)19/h10-11,13-14,16,20H,2-9,12,15H2,1H3. The third kappa shape index (κ3) is 9.59. The fourth-order valence-corrected chi connectivity index (χ4v) is 3.89. The van der Waals surface area contributed by atoms with E-state index in [1.165, 1.54) is 49.8 Å². The average molecular weight is 373 g/mol. The van der Waals surface area contributed by atoms with Crippen LogP contribution in [-0.2, 0) is 0 Å². The summed E-state index contributed by atoms with van der Waals surface area (Å²) in [5.41, 5.74) is 0. The number of benzene rings is 1. The average Bonchev–Trinajstić information content (AvgIpc) is 2.49. The third-order valence-corrected chi connectivity index (χ3v) is 5.83. The molecule has 0 saturated carbocycles. The molecule has 0 bridgehead atoms. The number of rotatable bonds is 12. The van der Waals surface area contributed by atoms with E-state index in [2.05, 4.69) is 28.9 Å². The van der Waals surface area contributed by atoms with E-state index in [1.807, 2.05) is 18.2 Å². The Labute approximate surface area is 143 Å². The van der Waals surface area contributed by atoms with Crippen molar-refractivity contribution in [1.29, 1.82) is 0 Å². The monoisotopic (exact) mass is 372 g/mol. The van der Waals surface area contributed by atoms with Gasteiger partial charge in [-0.3, -0.25) is 0 Å². The van der Waals surface area contributed by atoms with Gasteiger partial charge in [0.05, 0.1) is 6.10 Å². The Morgan fingerprint density at radius 2 is 1.62 bits per heavy atom. The molecule has 1 unspecified atom stereocenters. The van der Waals surface area contributed by atoms with Crippen LogP contribution in [0.1, 0.15) is 64.7 Å². The van der Waals surface area contributed by atoms with Gasteiger partial charge in [0.2, 0.25) is 0 Å². The lowest BCUT2D eigenvalue weighted by atomic mass is 10.1. The summed E-state index contributed by atoms with van der Waals surface area (Å²) in [6.07, 6.45) is 11.3. The van der Waals surface area contributed by atoms with Crippen molar-refractivity contribution >= 4 is 27.7 Å². The van der Waals surface area contributed by atoms with Gasteiger partial charge in [0.25, 0.3) is 0 Å². The Balaban J connectivity index is 1.99. The minimum atomic E-state index is -0.179. The molecule has 120 valence electrons. The van der Waals surface area contributed by atoms with Crippen molar-refractivity contribution in [3.05, 3.63) is 28.7 Å². The molecule has 1 atom stereocenters. The number of unbranched alkanes of at least 4 members (excludes halogenated alkanes) is 7. The number of aliphatic hydroxyl groups is 1. The van der Waals surface area contributed by atoms with Gasteiger partial charge in [0.15, 0.2) is 0 Å². The van der Waals surface area contributed by atoms with Crippen molar-refractivity contribution in [2.24, 2.45) is 0 Å². The molecule has 0 spiro atoms. The molecular formula is C18H29BrOS. The maximum absolute atomic E-state index is 10.0. The lowest BCUT2D eigenvalue weighted by Gasteiger charge is -2.11. The zero-order valence-corrected chi connectivity index (χ0v) is 15.6. The number of halogens is 1. The fraction of sp³-hybridized carbons (Fsp3) is 0.667. The number of hydrogen-bond donors (Lipinski definition) is 1. The van der Waals surface area contributed by atoms with Crippen LogP contribution in [0.3, 0.4) is 0 Å². The van der Waals surface area contributed by atoms with Crippen LogP contribution >= 0.6 is 27.7 Å². The summed E-state index contributed by atoms with van der Waals surface area (Å²) in [5, 5.41) is 10.0. The second-order valence-corrected chi connectivity index (χ2v) is 7.57. The third-order valence-electron chi connectivity index (χ3n) is 3.66. The first-order valence-corrected chi connectivity index (χ1v) is 10.1. The fourth-order valence-electron chi connectivity index (χ4n) is 2.34. The Hall–Kier alpha value is 0.01000. The summed E-state index contributed by atoms with van der Waals surface area (Å²) in [4.78, 5) is 1.22. The Morgan fingerprint density at radius 1 is 1.00 bits per heavy atom. The van der Waals surface area contributed by atoms with Gasteiger partial charge in [0, 0.05) is 15.1 Å². The number of thioether (sulfide) groups is 1. The van der Waals surface area contributed by atoms with Crippen molar-refractivity contribution in [2.75, 3.05) is 5.75 Å². The van der Waals surface area contributed by atoms with Gasteiger partial charge in [-0.25, -0.2) is 0 Å². The maximum Gasteiger partial charge on any atom is 0.0634 e. The van der Waals surface area contributed by atoms with Gasteiger partial charge in [-0.05, 0) is 34.5 Å². The molecule has 1 rings (SSSR count). The predicted octanol–water partition coefficient (Wildman–Crippen LogP) is 6.43. The molecule has 0 aliphatic carbocycles. The maximum atomic E-state index is 10.0. The van der Waals surface area contributed by atoms with Gasteiger partial charge in [-0.2, -0.15) is 0 Å². The molecule has 1 nitrogen and oxygen atoms in total. The lowest BCUT2D eigenvalue weighted by Crippen LogP contribution is -2.09. The van der Waals surface area contributed by atoms with Crippen LogP contribution in [0.15, 0.2) is 33.6 Å². The highest BCUT2D eigenvalue weighted by Gasteiger charge is 2.06. The first-order valence-electron chi connectivity index (χ1n) is 8.29. The van der Waals surface area contributed by atoms with Crippen molar-refractivity contribution in [2.45, 2.75) is 75.7 Å². The normalized spacial score (nSPS) is 12.5. The quantitative estimate of drug-likeness (QED) is 0.336. The van der Waals surface area contributed by atoms with Crippen molar-refractivity contribution in [3.63, 3.8) is 0 Å². The first kappa shape index (κ1) is 19.1. The van der Waals surface area contributed by atoms with Crippen LogP contribution < -0.4 is 0 Å². The molecular weight excluding hydrogens is 344 g/mol. The molecule has 1 N–H and O–H groups in total. The van der Waals surface area contributed by atoms with Gasteiger partial charge in [-0.1, -0.05) is 70.4 Å². The van der Waals surface area contributed by atoms with E-state index in [4.69, 9.17) is 0 Å². The van der Waals surface area contributed by atoms with Gasteiger partial charge >= 0.3 is 0 Å². The summed E-state index contributed by atoms with van der Waals surface area (Å²) in [7, 11) is 0. The molecule has 0 radical (unpaired) electrons.